The van der Waals surface area contributed by atoms with Crippen LogP contribution in [0.4, 0.5) is 5.69 Å². The van der Waals surface area contributed by atoms with E-state index in [2.05, 4.69) is 22.3 Å². The lowest BCUT2D eigenvalue weighted by atomic mass is 10.0. The third-order valence-electron chi connectivity index (χ3n) is 4.38. The van der Waals surface area contributed by atoms with E-state index >= 15 is 0 Å². The molecule has 0 bridgehead atoms. The van der Waals surface area contributed by atoms with E-state index < -0.39 is 0 Å². The highest BCUT2D eigenvalue weighted by Gasteiger charge is 2.07. The molecule has 144 valence electrons. The third-order valence-corrected chi connectivity index (χ3v) is 4.38. The molecule has 0 aliphatic carbocycles. The van der Waals surface area contributed by atoms with Gasteiger partial charge in [-0.2, -0.15) is 0 Å². The molecule has 0 aliphatic rings. The van der Waals surface area contributed by atoms with Gasteiger partial charge < -0.3 is 15.0 Å². The summed E-state index contributed by atoms with van der Waals surface area (Å²) in [4.78, 5) is 14.6. The molecule has 0 aliphatic heterocycles. The van der Waals surface area contributed by atoms with Crippen molar-refractivity contribution in [2.75, 3.05) is 32.6 Å². The van der Waals surface area contributed by atoms with E-state index in [9.17, 15) is 4.79 Å². The Hall–Kier alpha value is -3.11. The first kappa shape index (κ1) is 19.6. The molecule has 1 amide bonds. The smallest absolute Gasteiger partial charge is 0.255 e. The van der Waals surface area contributed by atoms with Gasteiger partial charge in [0.25, 0.3) is 5.91 Å². The number of carbonyl (C=O) groups excluding carboxylic acids is 1. The van der Waals surface area contributed by atoms with Crippen molar-refractivity contribution in [2.24, 2.45) is 0 Å². The maximum absolute atomic E-state index is 12.5. The fourth-order valence-corrected chi connectivity index (χ4v) is 2.85. The van der Waals surface area contributed by atoms with Crippen molar-refractivity contribution >= 4 is 11.6 Å². The summed E-state index contributed by atoms with van der Waals surface area (Å²) in [6.07, 6.45) is 0.977. The largest absolute Gasteiger partial charge is 0.494 e. The summed E-state index contributed by atoms with van der Waals surface area (Å²) in [5.74, 6) is 0.684. The molecule has 3 aromatic rings. The van der Waals surface area contributed by atoms with Crippen LogP contribution in [0.2, 0.25) is 0 Å². The molecule has 0 unspecified atom stereocenters. The molecule has 0 spiro atoms. The lowest BCUT2D eigenvalue weighted by molar-refractivity contribution is 0.102. The van der Waals surface area contributed by atoms with Gasteiger partial charge in [0.15, 0.2) is 0 Å². The number of amides is 1. The molecule has 3 aromatic carbocycles. The quantitative estimate of drug-likeness (QED) is 0.568. The molecule has 0 atom stereocenters. The van der Waals surface area contributed by atoms with E-state index in [0.717, 1.165) is 35.5 Å². The summed E-state index contributed by atoms with van der Waals surface area (Å²) in [7, 11) is 4.10. The van der Waals surface area contributed by atoms with Crippen molar-refractivity contribution in [2.45, 2.75) is 6.42 Å². The first-order valence-corrected chi connectivity index (χ1v) is 9.46. The monoisotopic (exact) mass is 374 g/mol. The second-order valence-corrected chi connectivity index (χ2v) is 6.93. The number of carbonyl (C=O) groups is 1. The van der Waals surface area contributed by atoms with Crippen LogP contribution in [0, 0.1) is 0 Å². The highest BCUT2D eigenvalue weighted by molar-refractivity contribution is 6.04. The molecule has 4 nitrogen and oxygen atoms in total. The predicted molar refractivity (Wildman–Crippen MR) is 115 cm³/mol. The lowest BCUT2D eigenvalue weighted by Crippen LogP contribution is -2.15. The van der Waals surface area contributed by atoms with Crippen LogP contribution in [-0.4, -0.2) is 38.1 Å². The Balaban J connectivity index is 1.54. The Kier molecular flexibility index (Phi) is 6.82. The SMILES string of the molecule is CN(C)CCCOc1ccc(NC(=O)c2ccc(-c3ccccc3)cc2)cc1. The van der Waals surface area contributed by atoms with Crippen LogP contribution in [0.25, 0.3) is 11.1 Å². The van der Waals surface area contributed by atoms with Gasteiger partial charge in [0.2, 0.25) is 0 Å². The van der Waals surface area contributed by atoms with Gasteiger partial charge in [-0.15, -0.1) is 0 Å². The lowest BCUT2D eigenvalue weighted by Gasteiger charge is -2.11. The van der Waals surface area contributed by atoms with E-state index in [4.69, 9.17) is 4.74 Å². The van der Waals surface area contributed by atoms with Crippen molar-refractivity contribution in [3.05, 3.63) is 84.4 Å². The molecule has 3 rings (SSSR count). The average molecular weight is 374 g/mol. The number of ether oxygens (including phenoxy) is 1. The van der Waals surface area contributed by atoms with Gasteiger partial charge in [0.05, 0.1) is 6.61 Å². The number of nitrogens with zero attached hydrogens (tertiary/aromatic N) is 1. The fraction of sp³-hybridized carbons (Fsp3) is 0.208. The summed E-state index contributed by atoms with van der Waals surface area (Å²) >= 11 is 0. The number of nitrogens with one attached hydrogen (secondary N) is 1. The Morgan fingerprint density at radius 2 is 1.50 bits per heavy atom. The Labute approximate surface area is 166 Å². The Morgan fingerprint density at radius 1 is 0.857 bits per heavy atom. The Morgan fingerprint density at radius 3 is 2.14 bits per heavy atom. The maximum atomic E-state index is 12.5. The van der Waals surface area contributed by atoms with E-state index in [-0.39, 0.29) is 5.91 Å². The van der Waals surface area contributed by atoms with Crippen molar-refractivity contribution in [3.8, 4) is 16.9 Å². The molecular weight excluding hydrogens is 348 g/mol. The molecule has 0 heterocycles. The molecular formula is C24H26N2O2. The second kappa shape index (κ2) is 9.72. The second-order valence-electron chi connectivity index (χ2n) is 6.93. The maximum Gasteiger partial charge on any atom is 0.255 e. The highest BCUT2D eigenvalue weighted by Crippen LogP contribution is 2.20. The molecule has 28 heavy (non-hydrogen) atoms. The molecule has 4 heteroatoms. The minimum atomic E-state index is -0.126. The van der Waals surface area contributed by atoms with Gasteiger partial charge in [-0.3, -0.25) is 4.79 Å². The summed E-state index contributed by atoms with van der Waals surface area (Å²) in [5.41, 5.74) is 3.60. The number of anilines is 1. The van der Waals surface area contributed by atoms with Gasteiger partial charge in [-0.05, 0) is 68.0 Å². The molecule has 1 N–H and O–H groups in total. The van der Waals surface area contributed by atoms with Crippen molar-refractivity contribution in [1.82, 2.24) is 4.90 Å². The minimum absolute atomic E-state index is 0.126. The number of rotatable bonds is 8. The number of benzene rings is 3. The van der Waals surface area contributed by atoms with E-state index in [1.54, 1.807) is 0 Å². The van der Waals surface area contributed by atoms with Gasteiger partial charge in [0, 0.05) is 17.8 Å². The van der Waals surface area contributed by atoms with Crippen LogP contribution in [0.1, 0.15) is 16.8 Å². The summed E-state index contributed by atoms with van der Waals surface area (Å²) in [6, 6.07) is 25.2. The molecule has 0 saturated carbocycles. The summed E-state index contributed by atoms with van der Waals surface area (Å²) in [6.45, 7) is 1.68. The van der Waals surface area contributed by atoms with E-state index in [1.165, 1.54) is 0 Å². The van der Waals surface area contributed by atoms with Gasteiger partial charge in [-0.25, -0.2) is 0 Å². The third kappa shape index (κ3) is 5.69. The van der Waals surface area contributed by atoms with Crippen molar-refractivity contribution in [3.63, 3.8) is 0 Å². The van der Waals surface area contributed by atoms with Crippen LogP contribution in [0.5, 0.6) is 5.75 Å². The topological polar surface area (TPSA) is 41.6 Å². The Bertz CT molecular complexity index is 873. The molecule has 0 radical (unpaired) electrons. The van der Waals surface area contributed by atoms with E-state index in [1.807, 2.05) is 80.8 Å². The first-order chi connectivity index (χ1) is 13.6. The van der Waals surface area contributed by atoms with Crippen LogP contribution in [0.15, 0.2) is 78.9 Å². The van der Waals surface area contributed by atoms with E-state index in [0.29, 0.717) is 12.2 Å². The highest BCUT2D eigenvalue weighted by atomic mass is 16.5. The van der Waals surface area contributed by atoms with Gasteiger partial charge >= 0.3 is 0 Å². The molecule has 0 fully saturated rings. The van der Waals surface area contributed by atoms with Crippen LogP contribution in [0.3, 0.4) is 0 Å². The van der Waals surface area contributed by atoms with Crippen LogP contribution < -0.4 is 10.1 Å². The van der Waals surface area contributed by atoms with Gasteiger partial charge in [0.1, 0.15) is 5.75 Å². The predicted octanol–water partition coefficient (Wildman–Crippen LogP) is 4.94. The number of hydrogen-bond acceptors (Lipinski definition) is 3. The first-order valence-electron chi connectivity index (χ1n) is 9.46. The molecule has 0 saturated heterocycles. The molecule has 0 aromatic heterocycles. The van der Waals surface area contributed by atoms with Gasteiger partial charge in [-0.1, -0.05) is 42.5 Å². The zero-order valence-electron chi connectivity index (χ0n) is 16.4. The summed E-state index contributed by atoms with van der Waals surface area (Å²) in [5, 5.41) is 2.93. The van der Waals surface area contributed by atoms with Crippen molar-refractivity contribution in [1.29, 1.82) is 0 Å². The minimum Gasteiger partial charge on any atom is -0.494 e. The zero-order chi connectivity index (χ0) is 19.8. The van der Waals surface area contributed by atoms with Crippen molar-refractivity contribution < 1.29 is 9.53 Å². The fourth-order valence-electron chi connectivity index (χ4n) is 2.85. The zero-order valence-corrected chi connectivity index (χ0v) is 16.4. The average Bonchev–Trinajstić information content (AvgIpc) is 2.73. The standard InChI is InChI=1S/C24H26N2O2/c1-26(2)17-6-18-28-23-15-13-22(14-16-23)25-24(27)21-11-9-20(10-12-21)19-7-4-3-5-8-19/h3-5,7-16H,6,17-18H2,1-2H3,(H,25,27). The van der Waals surface area contributed by atoms with Crippen LogP contribution >= 0.6 is 0 Å². The number of hydrogen-bond donors (Lipinski definition) is 1. The van der Waals surface area contributed by atoms with Crippen LogP contribution in [-0.2, 0) is 0 Å². The normalized spacial score (nSPS) is 10.7. The summed E-state index contributed by atoms with van der Waals surface area (Å²) < 4.78 is 5.72.